The number of aromatic nitrogens is 1. The third-order valence-electron chi connectivity index (χ3n) is 5.14. The second kappa shape index (κ2) is 8.21. The molecule has 0 radical (unpaired) electrons. The van der Waals surface area contributed by atoms with Gasteiger partial charge in [0.2, 0.25) is 11.8 Å². The fourth-order valence-corrected chi connectivity index (χ4v) is 4.69. The summed E-state index contributed by atoms with van der Waals surface area (Å²) < 4.78 is 1.21. The summed E-state index contributed by atoms with van der Waals surface area (Å²) >= 11 is 1.72. The topological polar surface area (TPSA) is 74.3 Å². The standard InChI is InChI=1S/C22H24N4O2S/c1-14-3-8-19-20(13-14)29-22(25-19)26-11-9-16(10-12-26)21(28)24-18-6-4-17(5-7-18)23-15(2)27/h3-8,13,16H,9-12H2,1-2H3,(H,23,27)(H,24,28). The highest BCUT2D eigenvalue weighted by atomic mass is 32.1. The van der Waals surface area contributed by atoms with Gasteiger partial charge in [0.15, 0.2) is 5.13 Å². The predicted molar refractivity (Wildman–Crippen MR) is 119 cm³/mol. The minimum absolute atomic E-state index is 0.00195. The molecule has 0 spiro atoms. The fraction of sp³-hybridized carbons (Fsp3) is 0.318. The number of carbonyl (C=O) groups excluding carboxylic acids is 2. The van der Waals surface area contributed by atoms with Crippen LogP contribution in [0.3, 0.4) is 0 Å². The molecule has 2 aromatic carbocycles. The summed E-state index contributed by atoms with van der Waals surface area (Å²) in [5.74, 6) is -0.0634. The number of hydrogen-bond donors (Lipinski definition) is 2. The molecule has 2 heterocycles. The number of nitrogens with one attached hydrogen (secondary N) is 2. The van der Waals surface area contributed by atoms with Crippen LogP contribution in [-0.2, 0) is 9.59 Å². The van der Waals surface area contributed by atoms with Crippen LogP contribution in [0.15, 0.2) is 42.5 Å². The Bertz CT molecular complexity index is 1040. The van der Waals surface area contributed by atoms with Crippen LogP contribution in [-0.4, -0.2) is 29.9 Å². The van der Waals surface area contributed by atoms with Gasteiger partial charge < -0.3 is 15.5 Å². The summed E-state index contributed by atoms with van der Waals surface area (Å²) in [7, 11) is 0. The summed E-state index contributed by atoms with van der Waals surface area (Å²) in [4.78, 5) is 30.8. The van der Waals surface area contributed by atoms with Crippen LogP contribution in [0.1, 0.15) is 25.3 Å². The van der Waals surface area contributed by atoms with Crippen LogP contribution in [0.2, 0.25) is 0 Å². The van der Waals surface area contributed by atoms with E-state index in [0.717, 1.165) is 48.0 Å². The highest BCUT2D eigenvalue weighted by Gasteiger charge is 2.26. The maximum Gasteiger partial charge on any atom is 0.227 e. The molecule has 29 heavy (non-hydrogen) atoms. The maximum absolute atomic E-state index is 12.6. The first-order valence-corrected chi connectivity index (χ1v) is 10.6. The van der Waals surface area contributed by atoms with Gasteiger partial charge in [-0.3, -0.25) is 9.59 Å². The fourth-order valence-electron chi connectivity index (χ4n) is 3.57. The molecule has 2 amide bonds. The molecule has 6 nitrogen and oxygen atoms in total. The Hall–Kier alpha value is -2.93. The molecule has 0 unspecified atom stereocenters. The Balaban J connectivity index is 1.33. The quantitative estimate of drug-likeness (QED) is 0.670. The van der Waals surface area contributed by atoms with Gasteiger partial charge in [-0.15, -0.1) is 0 Å². The Labute approximate surface area is 173 Å². The molecule has 2 N–H and O–H groups in total. The molecule has 7 heteroatoms. The van der Waals surface area contributed by atoms with Gasteiger partial charge in [-0.25, -0.2) is 4.98 Å². The zero-order valence-corrected chi connectivity index (χ0v) is 17.4. The first kappa shape index (κ1) is 19.4. The van der Waals surface area contributed by atoms with Crippen LogP contribution in [0.5, 0.6) is 0 Å². The van der Waals surface area contributed by atoms with E-state index in [1.807, 2.05) is 0 Å². The number of thiazole rings is 1. The van der Waals surface area contributed by atoms with E-state index in [1.165, 1.54) is 17.2 Å². The number of anilines is 3. The minimum atomic E-state index is -0.114. The highest BCUT2D eigenvalue weighted by Crippen LogP contribution is 2.32. The molecule has 1 aromatic heterocycles. The molecule has 1 saturated heterocycles. The van der Waals surface area contributed by atoms with E-state index >= 15 is 0 Å². The number of aryl methyl sites for hydroxylation is 1. The summed E-state index contributed by atoms with van der Waals surface area (Å²) in [6, 6.07) is 13.5. The largest absolute Gasteiger partial charge is 0.348 e. The number of rotatable bonds is 4. The summed E-state index contributed by atoms with van der Waals surface area (Å²) in [6.45, 7) is 5.23. The molecule has 0 bridgehead atoms. The SMILES string of the molecule is CC(=O)Nc1ccc(NC(=O)C2CCN(c3nc4ccc(C)cc4s3)CC2)cc1. The number of fused-ring (bicyclic) bond motifs is 1. The van der Waals surface area contributed by atoms with Crippen LogP contribution >= 0.6 is 11.3 Å². The maximum atomic E-state index is 12.6. The molecule has 3 aromatic rings. The lowest BCUT2D eigenvalue weighted by atomic mass is 9.96. The average molecular weight is 409 g/mol. The van der Waals surface area contributed by atoms with Gasteiger partial charge in [-0.1, -0.05) is 17.4 Å². The number of piperidine rings is 1. The van der Waals surface area contributed by atoms with Gasteiger partial charge in [0.05, 0.1) is 10.2 Å². The Morgan fingerprint density at radius 2 is 1.69 bits per heavy atom. The van der Waals surface area contributed by atoms with E-state index in [9.17, 15) is 9.59 Å². The number of nitrogens with zero attached hydrogens (tertiary/aromatic N) is 2. The zero-order valence-electron chi connectivity index (χ0n) is 16.6. The van der Waals surface area contributed by atoms with E-state index in [-0.39, 0.29) is 17.7 Å². The van der Waals surface area contributed by atoms with Crippen LogP contribution < -0.4 is 15.5 Å². The van der Waals surface area contributed by atoms with Gasteiger partial charge in [0.1, 0.15) is 0 Å². The van der Waals surface area contributed by atoms with E-state index in [2.05, 4.69) is 40.7 Å². The second-order valence-electron chi connectivity index (χ2n) is 7.48. The first-order valence-electron chi connectivity index (χ1n) is 9.78. The normalized spacial score (nSPS) is 14.8. The number of carbonyl (C=O) groups is 2. The predicted octanol–water partition coefficient (Wildman–Crippen LogP) is 4.42. The average Bonchev–Trinajstić information content (AvgIpc) is 3.12. The third-order valence-corrected chi connectivity index (χ3v) is 6.22. The van der Waals surface area contributed by atoms with Gasteiger partial charge >= 0.3 is 0 Å². The second-order valence-corrected chi connectivity index (χ2v) is 8.49. The molecular weight excluding hydrogens is 384 g/mol. The molecule has 1 aliphatic heterocycles. The number of benzene rings is 2. The van der Waals surface area contributed by atoms with Crippen molar-refractivity contribution in [3.63, 3.8) is 0 Å². The molecule has 0 atom stereocenters. The molecule has 0 aliphatic carbocycles. The number of amides is 2. The lowest BCUT2D eigenvalue weighted by Crippen LogP contribution is -2.38. The minimum Gasteiger partial charge on any atom is -0.348 e. The van der Waals surface area contributed by atoms with Crippen molar-refractivity contribution in [3.05, 3.63) is 48.0 Å². The van der Waals surface area contributed by atoms with Crippen molar-refractivity contribution in [2.75, 3.05) is 28.6 Å². The Kier molecular flexibility index (Phi) is 5.49. The lowest BCUT2D eigenvalue weighted by Gasteiger charge is -2.31. The lowest BCUT2D eigenvalue weighted by molar-refractivity contribution is -0.120. The van der Waals surface area contributed by atoms with E-state index in [4.69, 9.17) is 4.98 Å². The van der Waals surface area contributed by atoms with E-state index in [0.29, 0.717) is 0 Å². The smallest absolute Gasteiger partial charge is 0.227 e. The monoisotopic (exact) mass is 408 g/mol. The molecule has 4 rings (SSSR count). The van der Waals surface area contributed by atoms with Crippen molar-refractivity contribution in [3.8, 4) is 0 Å². The molecule has 1 fully saturated rings. The first-order chi connectivity index (χ1) is 14.0. The van der Waals surface area contributed by atoms with Crippen molar-refractivity contribution in [2.24, 2.45) is 5.92 Å². The summed E-state index contributed by atoms with van der Waals surface area (Å²) in [5, 5.41) is 6.75. The van der Waals surface area contributed by atoms with Crippen molar-refractivity contribution < 1.29 is 9.59 Å². The Morgan fingerprint density at radius 1 is 1.03 bits per heavy atom. The number of hydrogen-bond acceptors (Lipinski definition) is 5. The van der Waals surface area contributed by atoms with Crippen LogP contribution in [0.4, 0.5) is 16.5 Å². The van der Waals surface area contributed by atoms with Crippen LogP contribution in [0.25, 0.3) is 10.2 Å². The van der Waals surface area contributed by atoms with E-state index in [1.54, 1.807) is 35.6 Å². The van der Waals surface area contributed by atoms with Crippen molar-refractivity contribution in [2.45, 2.75) is 26.7 Å². The van der Waals surface area contributed by atoms with E-state index < -0.39 is 0 Å². The highest BCUT2D eigenvalue weighted by molar-refractivity contribution is 7.22. The van der Waals surface area contributed by atoms with Crippen LogP contribution in [0, 0.1) is 12.8 Å². The van der Waals surface area contributed by atoms with Crippen molar-refractivity contribution >= 4 is 49.9 Å². The molecule has 1 aliphatic rings. The third kappa shape index (κ3) is 4.56. The van der Waals surface area contributed by atoms with Gasteiger partial charge in [-0.05, 0) is 61.7 Å². The molecule has 150 valence electrons. The summed E-state index contributed by atoms with van der Waals surface area (Å²) in [6.07, 6.45) is 1.62. The van der Waals surface area contributed by atoms with Gasteiger partial charge in [0.25, 0.3) is 0 Å². The molecular formula is C22H24N4O2S. The zero-order chi connectivity index (χ0) is 20.4. The van der Waals surface area contributed by atoms with Crippen molar-refractivity contribution in [1.82, 2.24) is 4.98 Å². The van der Waals surface area contributed by atoms with Gasteiger partial charge in [-0.2, -0.15) is 0 Å². The Morgan fingerprint density at radius 3 is 2.34 bits per heavy atom. The van der Waals surface area contributed by atoms with Gasteiger partial charge in [0, 0.05) is 37.3 Å². The summed E-state index contributed by atoms with van der Waals surface area (Å²) in [5.41, 5.74) is 3.74. The van der Waals surface area contributed by atoms with Crippen molar-refractivity contribution in [1.29, 1.82) is 0 Å². The molecule has 0 saturated carbocycles.